The number of nitrogens with one attached hydrogen (secondary N) is 1. The third kappa shape index (κ3) is 4.64. The van der Waals surface area contributed by atoms with E-state index in [4.69, 9.17) is 4.74 Å². The number of rotatable bonds is 6. The molecule has 0 saturated carbocycles. The van der Waals surface area contributed by atoms with Crippen LogP contribution in [-0.2, 0) is 19.6 Å². The van der Waals surface area contributed by atoms with Crippen LogP contribution in [0.4, 0.5) is 0 Å². The van der Waals surface area contributed by atoms with Crippen LogP contribution in [0.5, 0.6) is 0 Å². The topological polar surface area (TPSA) is 79.0 Å². The fraction of sp³-hybridized carbons (Fsp3) is 0.923. The number of ether oxygens (including phenoxy) is 1. The van der Waals surface area contributed by atoms with Crippen molar-refractivity contribution in [2.75, 3.05) is 46.6 Å². The lowest BCUT2D eigenvalue weighted by molar-refractivity contribution is -0.148. The number of esters is 1. The number of carbonyl (C=O) groups is 1. The first-order valence-electron chi connectivity index (χ1n) is 7.10. The molecule has 2 unspecified atom stereocenters. The largest absolute Gasteiger partial charge is 0.468 e. The first kappa shape index (κ1) is 18.3. The van der Waals surface area contributed by atoms with Crippen LogP contribution in [0.25, 0.3) is 0 Å². The smallest absolute Gasteiger partial charge is 0.325 e. The van der Waals surface area contributed by atoms with Gasteiger partial charge in [0.2, 0.25) is 10.0 Å². The van der Waals surface area contributed by atoms with Crippen LogP contribution in [0.15, 0.2) is 0 Å². The number of hydrogen-bond donors (Lipinski definition) is 1. The number of methoxy groups -OCH3 is 1. The van der Waals surface area contributed by atoms with Crippen LogP contribution in [0.3, 0.4) is 0 Å². The summed E-state index contributed by atoms with van der Waals surface area (Å²) < 4.78 is 29.3. The van der Waals surface area contributed by atoms with Crippen molar-refractivity contribution in [3.8, 4) is 0 Å². The summed E-state index contributed by atoms with van der Waals surface area (Å²) in [4.78, 5) is 14.1. The van der Waals surface area contributed by atoms with Crippen LogP contribution >= 0.6 is 0 Å². The van der Waals surface area contributed by atoms with Crippen molar-refractivity contribution in [1.82, 2.24) is 14.5 Å². The monoisotopic (exact) mass is 321 g/mol. The third-order valence-corrected chi connectivity index (χ3v) is 5.56. The van der Waals surface area contributed by atoms with Crippen LogP contribution in [0, 0.1) is 0 Å². The van der Waals surface area contributed by atoms with Gasteiger partial charge in [-0.25, -0.2) is 8.42 Å². The zero-order valence-corrected chi connectivity index (χ0v) is 14.4. The van der Waals surface area contributed by atoms with Crippen molar-refractivity contribution in [3.05, 3.63) is 0 Å². The lowest BCUT2D eigenvalue weighted by atomic mass is 9.93. The van der Waals surface area contributed by atoms with Gasteiger partial charge in [0.25, 0.3) is 0 Å². The van der Waals surface area contributed by atoms with Crippen LogP contribution < -0.4 is 5.32 Å². The Labute approximate surface area is 127 Å². The summed E-state index contributed by atoms with van der Waals surface area (Å²) in [5.41, 5.74) is -0.734. The van der Waals surface area contributed by atoms with Crippen LogP contribution in [0.1, 0.15) is 20.3 Å². The van der Waals surface area contributed by atoms with E-state index < -0.39 is 15.6 Å². The van der Waals surface area contributed by atoms with E-state index in [1.54, 1.807) is 7.05 Å². The Kier molecular flexibility index (Phi) is 6.15. The maximum Gasteiger partial charge on any atom is 0.325 e. The van der Waals surface area contributed by atoms with Gasteiger partial charge < -0.3 is 10.1 Å². The summed E-state index contributed by atoms with van der Waals surface area (Å²) in [5, 5.41) is 3.02. The Hall–Kier alpha value is -0.700. The first-order chi connectivity index (χ1) is 9.64. The average Bonchev–Trinajstić information content (AvgIpc) is 2.45. The number of hydrogen-bond acceptors (Lipinski definition) is 6. The molecule has 0 bridgehead atoms. The minimum atomic E-state index is -3.11. The second kappa shape index (κ2) is 7.04. The maximum atomic E-state index is 11.9. The molecule has 1 aliphatic rings. The lowest BCUT2D eigenvalue weighted by Gasteiger charge is -2.39. The molecular weight excluding hydrogens is 294 g/mol. The zero-order valence-electron chi connectivity index (χ0n) is 13.5. The van der Waals surface area contributed by atoms with Gasteiger partial charge in [-0.15, -0.1) is 0 Å². The number of carbonyl (C=O) groups excluding carboxylic acids is 1. The molecular formula is C13H27N3O4S. The first-order valence-corrected chi connectivity index (χ1v) is 8.95. The second-order valence-corrected chi connectivity index (χ2v) is 7.81. The van der Waals surface area contributed by atoms with Gasteiger partial charge in [-0.2, -0.15) is 4.31 Å². The van der Waals surface area contributed by atoms with E-state index in [2.05, 4.69) is 17.1 Å². The fourth-order valence-corrected chi connectivity index (χ4v) is 3.54. The van der Waals surface area contributed by atoms with Gasteiger partial charge >= 0.3 is 5.97 Å². The van der Waals surface area contributed by atoms with Crippen molar-refractivity contribution in [2.45, 2.75) is 31.8 Å². The summed E-state index contributed by atoms with van der Waals surface area (Å²) in [6.45, 7) is 6.22. The standard InChI is InChI=1S/C13H27N3O4S/c1-11(10-13(2,14-3)12(17)20-4)15-6-8-16(9-7-15)21(5,18)19/h11,14H,6-10H2,1-5H3. The van der Waals surface area contributed by atoms with Gasteiger partial charge in [0.15, 0.2) is 0 Å². The predicted molar refractivity (Wildman–Crippen MR) is 81.5 cm³/mol. The molecule has 0 aromatic heterocycles. The van der Waals surface area contributed by atoms with E-state index in [0.717, 1.165) is 0 Å². The summed E-state index contributed by atoms with van der Waals surface area (Å²) in [6, 6.07) is 0.156. The molecule has 1 fully saturated rings. The number of likely N-dealkylation sites (N-methyl/N-ethyl adjacent to an activating group) is 1. The molecule has 0 spiro atoms. The molecule has 124 valence electrons. The second-order valence-electron chi connectivity index (χ2n) is 5.82. The molecule has 2 atom stereocenters. The van der Waals surface area contributed by atoms with Gasteiger partial charge in [0.05, 0.1) is 13.4 Å². The van der Waals surface area contributed by atoms with Crippen LogP contribution in [-0.4, -0.2) is 81.8 Å². The zero-order chi connectivity index (χ0) is 16.3. The Morgan fingerprint density at radius 2 is 1.86 bits per heavy atom. The molecule has 21 heavy (non-hydrogen) atoms. The number of nitrogens with zero attached hydrogens (tertiary/aromatic N) is 2. The average molecular weight is 321 g/mol. The van der Waals surface area contributed by atoms with E-state index in [-0.39, 0.29) is 12.0 Å². The molecule has 1 rings (SSSR count). The van der Waals surface area contributed by atoms with E-state index in [9.17, 15) is 13.2 Å². The SMILES string of the molecule is CNC(C)(CC(C)N1CCN(S(C)(=O)=O)CC1)C(=O)OC. The minimum absolute atomic E-state index is 0.156. The summed E-state index contributed by atoms with van der Waals surface area (Å²) in [5.74, 6) is -0.286. The number of sulfonamides is 1. The molecule has 1 saturated heterocycles. The Morgan fingerprint density at radius 3 is 2.24 bits per heavy atom. The highest BCUT2D eigenvalue weighted by Gasteiger charge is 2.36. The van der Waals surface area contributed by atoms with Crippen molar-refractivity contribution >= 4 is 16.0 Å². The summed E-state index contributed by atoms with van der Waals surface area (Å²) in [6.07, 6.45) is 1.84. The Bertz CT molecular complexity index is 460. The summed E-state index contributed by atoms with van der Waals surface area (Å²) >= 11 is 0. The maximum absolute atomic E-state index is 11.9. The molecule has 7 nitrogen and oxygen atoms in total. The summed E-state index contributed by atoms with van der Waals surface area (Å²) in [7, 11) is 0.0117. The van der Waals surface area contributed by atoms with E-state index >= 15 is 0 Å². The normalized spacial score (nSPS) is 22.5. The van der Waals surface area contributed by atoms with Crippen molar-refractivity contribution in [3.63, 3.8) is 0 Å². The number of piperazine rings is 1. The Balaban J connectivity index is 2.62. The molecule has 0 aromatic carbocycles. The van der Waals surface area contributed by atoms with E-state index in [1.807, 2.05) is 6.92 Å². The highest BCUT2D eigenvalue weighted by Crippen LogP contribution is 2.19. The quantitative estimate of drug-likeness (QED) is 0.664. The molecule has 0 aromatic rings. The van der Waals surface area contributed by atoms with Crippen molar-refractivity contribution < 1.29 is 17.9 Å². The molecule has 8 heteroatoms. The van der Waals surface area contributed by atoms with Crippen molar-refractivity contribution in [1.29, 1.82) is 0 Å². The molecule has 1 heterocycles. The van der Waals surface area contributed by atoms with Crippen molar-refractivity contribution in [2.24, 2.45) is 0 Å². The molecule has 0 aliphatic carbocycles. The molecule has 1 N–H and O–H groups in total. The highest BCUT2D eigenvalue weighted by molar-refractivity contribution is 7.88. The van der Waals surface area contributed by atoms with Crippen LogP contribution in [0.2, 0.25) is 0 Å². The highest BCUT2D eigenvalue weighted by atomic mass is 32.2. The third-order valence-electron chi connectivity index (χ3n) is 4.26. The molecule has 1 aliphatic heterocycles. The lowest BCUT2D eigenvalue weighted by Crippen LogP contribution is -2.56. The van der Waals surface area contributed by atoms with Gasteiger partial charge in [0, 0.05) is 32.2 Å². The van der Waals surface area contributed by atoms with E-state index in [0.29, 0.717) is 32.6 Å². The molecule has 0 amide bonds. The van der Waals surface area contributed by atoms with E-state index in [1.165, 1.54) is 17.7 Å². The fourth-order valence-electron chi connectivity index (χ4n) is 2.71. The molecule has 0 radical (unpaired) electrons. The van der Waals surface area contributed by atoms with Gasteiger partial charge in [-0.05, 0) is 27.3 Å². The van der Waals surface area contributed by atoms with Gasteiger partial charge in [-0.3, -0.25) is 9.69 Å². The predicted octanol–water partition coefficient (Wildman–Crippen LogP) is -0.507. The van der Waals surface area contributed by atoms with Gasteiger partial charge in [0.1, 0.15) is 5.54 Å². The van der Waals surface area contributed by atoms with Gasteiger partial charge in [-0.1, -0.05) is 0 Å². The minimum Gasteiger partial charge on any atom is -0.468 e. The Morgan fingerprint density at radius 1 is 1.33 bits per heavy atom.